The number of hydrogen-bond donors (Lipinski definition) is 2. The molecule has 0 amide bonds. The van der Waals surface area contributed by atoms with Crippen LogP contribution in [0.4, 0.5) is 11.4 Å². The van der Waals surface area contributed by atoms with Gasteiger partial charge in [-0.15, -0.1) is 0 Å². The van der Waals surface area contributed by atoms with Gasteiger partial charge >= 0.3 is 0 Å². The zero-order valence-electron chi connectivity index (χ0n) is 6.02. The average molecular weight is 166 g/mol. The van der Waals surface area contributed by atoms with Gasteiger partial charge in [0.2, 0.25) is 5.52 Å². The highest BCUT2D eigenvalue weighted by molar-refractivity contribution is 5.91. The summed E-state index contributed by atoms with van der Waals surface area (Å²) in [5.41, 5.74) is 12.2. The largest absolute Gasteiger partial charge is 0.397 e. The lowest BCUT2D eigenvalue weighted by atomic mass is 10.2. The molecule has 0 saturated carbocycles. The SMILES string of the molecule is Nc1ccc2c(no[n+]2[O-])c1N. The van der Waals surface area contributed by atoms with Crippen molar-refractivity contribution in [2.45, 2.75) is 0 Å². The van der Waals surface area contributed by atoms with Gasteiger partial charge in [-0.05, 0) is 17.0 Å². The molecule has 0 unspecified atom stereocenters. The van der Waals surface area contributed by atoms with Crippen molar-refractivity contribution in [3.05, 3.63) is 17.3 Å². The summed E-state index contributed by atoms with van der Waals surface area (Å²) in [6, 6.07) is 3.04. The molecule has 0 spiro atoms. The normalized spacial score (nSPS) is 10.7. The van der Waals surface area contributed by atoms with Gasteiger partial charge < -0.3 is 16.7 Å². The minimum Gasteiger partial charge on any atom is -0.397 e. The number of anilines is 2. The van der Waals surface area contributed by atoms with Crippen molar-refractivity contribution in [2.24, 2.45) is 0 Å². The second-order valence-corrected chi connectivity index (χ2v) is 2.37. The highest BCUT2D eigenvalue weighted by atomic mass is 16.8. The number of rotatable bonds is 0. The van der Waals surface area contributed by atoms with E-state index >= 15 is 0 Å². The fraction of sp³-hybridized carbons (Fsp3) is 0. The maximum Gasteiger partial charge on any atom is 0.273 e. The number of hydrogen-bond acceptors (Lipinski definition) is 5. The number of aromatic nitrogens is 2. The van der Waals surface area contributed by atoms with Gasteiger partial charge in [-0.25, -0.2) is 0 Å². The van der Waals surface area contributed by atoms with Crippen LogP contribution in [0.25, 0.3) is 11.0 Å². The Morgan fingerprint density at radius 1 is 1.42 bits per heavy atom. The molecule has 0 aliphatic heterocycles. The van der Waals surface area contributed by atoms with E-state index in [1.165, 1.54) is 12.1 Å². The molecule has 1 aromatic heterocycles. The summed E-state index contributed by atoms with van der Waals surface area (Å²) in [7, 11) is 0. The summed E-state index contributed by atoms with van der Waals surface area (Å²) in [5, 5.41) is 14.3. The van der Waals surface area contributed by atoms with Gasteiger partial charge in [-0.3, -0.25) is 4.63 Å². The highest BCUT2D eigenvalue weighted by Crippen LogP contribution is 2.22. The molecular formula is C6H6N4O2. The third-order valence-electron chi connectivity index (χ3n) is 1.63. The summed E-state index contributed by atoms with van der Waals surface area (Å²) < 4.78 is 4.33. The second kappa shape index (κ2) is 2.00. The Hall–Kier alpha value is -1.98. The van der Waals surface area contributed by atoms with E-state index in [0.29, 0.717) is 11.2 Å². The molecule has 0 atom stereocenters. The number of nitrogens with two attached hydrogens (primary N) is 2. The van der Waals surface area contributed by atoms with Crippen LogP contribution in [-0.4, -0.2) is 5.16 Å². The molecule has 0 saturated heterocycles. The first-order valence-electron chi connectivity index (χ1n) is 3.23. The van der Waals surface area contributed by atoms with Crippen molar-refractivity contribution in [3.63, 3.8) is 0 Å². The van der Waals surface area contributed by atoms with Crippen LogP contribution in [0.2, 0.25) is 0 Å². The first-order valence-corrected chi connectivity index (χ1v) is 3.23. The summed E-state index contributed by atoms with van der Waals surface area (Å²) >= 11 is 0. The average Bonchev–Trinajstić information content (AvgIpc) is 2.41. The molecule has 6 nitrogen and oxygen atoms in total. The molecule has 0 aliphatic rings. The molecule has 0 radical (unpaired) electrons. The molecule has 0 aliphatic carbocycles. The monoisotopic (exact) mass is 166 g/mol. The minimum absolute atomic E-state index is 0.269. The smallest absolute Gasteiger partial charge is 0.273 e. The molecular weight excluding hydrogens is 160 g/mol. The molecule has 0 bridgehead atoms. The first-order chi connectivity index (χ1) is 5.70. The van der Waals surface area contributed by atoms with E-state index in [4.69, 9.17) is 11.5 Å². The topological polar surface area (TPSA) is 105 Å². The van der Waals surface area contributed by atoms with Gasteiger partial charge in [-0.1, -0.05) is 0 Å². The Kier molecular flexibility index (Phi) is 1.12. The van der Waals surface area contributed by atoms with Crippen molar-refractivity contribution >= 4 is 22.4 Å². The molecule has 62 valence electrons. The minimum atomic E-state index is 0.269. The van der Waals surface area contributed by atoms with E-state index in [9.17, 15) is 5.21 Å². The maximum absolute atomic E-state index is 10.8. The van der Waals surface area contributed by atoms with E-state index in [2.05, 4.69) is 9.79 Å². The zero-order valence-corrected chi connectivity index (χ0v) is 6.02. The number of nitrogens with zero attached hydrogens (tertiary/aromatic N) is 2. The fourth-order valence-electron chi connectivity index (χ4n) is 0.977. The van der Waals surface area contributed by atoms with E-state index < -0.39 is 0 Å². The maximum atomic E-state index is 10.8. The molecule has 2 rings (SSSR count). The van der Waals surface area contributed by atoms with Crippen molar-refractivity contribution in [1.29, 1.82) is 0 Å². The van der Waals surface area contributed by atoms with Crippen LogP contribution in [0.15, 0.2) is 16.8 Å². The number of fused-ring (bicyclic) bond motifs is 1. The van der Waals surface area contributed by atoms with Crippen LogP contribution in [0.5, 0.6) is 0 Å². The van der Waals surface area contributed by atoms with Crippen molar-refractivity contribution in [3.8, 4) is 0 Å². The number of benzene rings is 1. The van der Waals surface area contributed by atoms with E-state index in [1.807, 2.05) is 0 Å². The van der Waals surface area contributed by atoms with Crippen LogP contribution in [0, 0.1) is 5.21 Å². The summed E-state index contributed by atoms with van der Waals surface area (Å²) in [6.07, 6.45) is 0. The third-order valence-corrected chi connectivity index (χ3v) is 1.63. The quantitative estimate of drug-likeness (QED) is 0.410. The lowest BCUT2D eigenvalue weighted by Crippen LogP contribution is -2.22. The van der Waals surface area contributed by atoms with Crippen molar-refractivity contribution < 1.29 is 9.53 Å². The van der Waals surface area contributed by atoms with Gasteiger partial charge in [-0.2, -0.15) is 0 Å². The molecule has 1 aromatic carbocycles. The predicted octanol–water partition coefficient (Wildman–Crippen LogP) is -0.374. The lowest BCUT2D eigenvalue weighted by Gasteiger charge is -1.94. The molecule has 4 N–H and O–H groups in total. The fourth-order valence-corrected chi connectivity index (χ4v) is 0.977. The standard InChI is InChI=1S/C6H6N4O2/c7-3-1-2-4-6(5(3)8)9-12-10(4)11/h1-2H,7-8H2. The van der Waals surface area contributed by atoms with Crippen LogP contribution < -0.4 is 16.4 Å². The summed E-state index contributed by atoms with van der Waals surface area (Å²) in [6.45, 7) is 0. The van der Waals surface area contributed by atoms with Crippen molar-refractivity contribution in [1.82, 2.24) is 5.16 Å². The summed E-state index contributed by atoms with van der Waals surface area (Å²) in [4.78, 5) is 0.283. The second-order valence-electron chi connectivity index (χ2n) is 2.37. The van der Waals surface area contributed by atoms with E-state index in [-0.39, 0.29) is 16.1 Å². The Labute approximate surface area is 66.9 Å². The molecule has 2 aromatic rings. The van der Waals surface area contributed by atoms with Crippen LogP contribution >= 0.6 is 0 Å². The van der Waals surface area contributed by atoms with Gasteiger partial charge in [0.1, 0.15) is 5.69 Å². The molecule has 0 fully saturated rings. The van der Waals surface area contributed by atoms with Gasteiger partial charge in [0.25, 0.3) is 5.52 Å². The molecule has 12 heavy (non-hydrogen) atoms. The van der Waals surface area contributed by atoms with Gasteiger partial charge in [0.05, 0.1) is 5.69 Å². The highest BCUT2D eigenvalue weighted by Gasteiger charge is 2.13. The Morgan fingerprint density at radius 2 is 2.17 bits per heavy atom. The predicted molar refractivity (Wildman–Crippen MR) is 41.8 cm³/mol. The number of nitrogen functional groups attached to an aromatic ring is 2. The zero-order chi connectivity index (χ0) is 8.72. The van der Waals surface area contributed by atoms with Crippen molar-refractivity contribution in [2.75, 3.05) is 11.5 Å². The van der Waals surface area contributed by atoms with E-state index in [0.717, 1.165) is 0 Å². The lowest BCUT2D eigenvalue weighted by molar-refractivity contribution is -0.782. The first kappa shape index (κ1) is 6.71. The van der Waals surface area contributed by atoms with E-state index in [1.54, 1.807) is 0 Å². The Balaban J connectivity index is 2.93. The molecule has 6 heteroatoms. The third kappa shape index (κ3) is 0.685. The van der Waals surface area contributed by atoms with Gasteiger partial charge in [0, 0.05) is 5.16 Å². The van der Waals surface area contributed by atoms with Crippen LogP contribution in [0.3, 0.4) is 0 Å². The molecule has 1 heterocycles. The van der Waals surface area contributed by atoms with Crippen LogP contribution in [-0.2, 0) is 0 Å². The van der Waals surface area contributed by atoms with Gasteiger partial charge in [0.15, 0.2) is 0 Å². The summed E-state index contributed by atoms with van der Waals surface area (Å²) in [5.74, 6) is 0. The van der Waals surface area contributed by atoms with Crippen LogP contribution in [0.1, 0.15) is 0 Å². The Morgan fingerprint density at radius 3 is 2.92 bits per heavy atom. The Bertz CT molecular complexity index is 436.